The van der Waals surface area contributed by atoms with Crippen LogP contribution in [0.1, 0.15) is 32.6 Å². The molecule has 0 saturated carbocycles. The van der Waals surface area contributed by atoms with Gasteiger partial charge in [-0.15, -0.1) is 0 Å². The number of aromatic nitrogens is 1. The molecule has 0 bridgehead atoms. The normalized spacial score (nSPS) is 10.6. The lowest BCUT2D eigenvalue weighted by Gasteiger charge is -2.11. The molecule has 3 rings (SSSR count). The predicted molar refractivity (Wildman–Crippen MR) is 125 cm³/mol. The van der Waals surface area contributed by atoms with Gasteiger partial charge < -0.3 is 14.8 Å². The number of amides is 1. The van der Waals surface area contributed by atoms with Crippen LogP contribution in [0.25, 0.3) is 18.2 Å². The van der Waals surface area contributed by atoms with Gasteiger partial charge in [0.05, 0.1) is 19.8 Å². The Kier molecular flexibility index (Phi) is 7.60. The molecule has 1 amide bonds. The van der Waals surface area contributed by atoms with Crippen LogP contribution in [0.4, 0.5) is 0 Å². The molecule has 1 aromatic heterocycles. The largest absolute Gasteiger partial charge is 0.496 e. The molecular formula is C26H26N2O3. The van der Waals surface area contributed by atoms with Crippen molar-refractivity contribution >= 4 is 24.1 Å². The SMILES string of the molecule is C=Cc1c(OC)cc(/C=C/c2ccc(C(=O)NCCc3ccncc3)cc2)cc1OC. The van der Waals surface area contributed by atoms with E-state index >= 15 is 0 Å². The zero-order valence-electron chi connectivity index (χ0n) is 17.8. The van der Waals surface area contributed by atoms with Crippen LogP contribution in [0.3, 0.4) is 0 Å². The smallest absolute Gasteiger partial charge is 0.251 e. The number of methoxy groups -OCH3 is 2. The molecule has 0 unspecified atom stereocenters. The summed E-state index contributed by atoms with van der Waals surface area (Å²) >= 11 is 0. The minimum absolute atomic E-state index is 0.0842. The second kappa shape index (κ2) is 10.8. The quantitative estimate of drug-likeness (QED) is 0.507. The third kappa shape index (κ3) is 5.82. The summed E-state index contributed by atoms with van der Waals surface area (Å²) in [6.45, 7) is 4.39. The van der Waals surface area contributed by atoms with Crippen molar-refractivity contribution in [3.63, 3.8) is 0 Å². The van der Waals surface area contributed by atoms with E-state index in [9.17, 15) is 4.79 Å². The highest BCUT2D eigenvalue weighted by atomic mass is 16.5. The summed E-state index contributed by atoms with van der Waals surface area (Å²) in [5.74, 6) is 1.32. The van der Waals surface area contributed by atoms with Crippen molar-refractivity contribution in [1.82, 2.24) is 10.3 Å². The van der Waals surface area contributed by atoms with E-state index in [0.717, 1.165) is 28.7 Å². The number of carbonyl (C=O) groups is 1. The lowest BCUT2D eigenvalue weighted by atomic mass is 10.1. The summed E-state index contributed by atoms with van der Waals surface area (Å²) < 4.78 is 10.9. The van der Waals surface area contributed by atoms with Gasteiger partial charge in [-0.3, -0.25) is 9.78 Å². The van der Waals surface area contributed by atoms with Crippen LogP contribution in [0.15, 0.2) is 67.5 Å². The first kappa shape index (κ1) is 21.8. The number of pyridine rings is 1. The number of hydrogen-bond donors (Lipinski definition) is 1. The number of hydrogen-bond acceptors (Lipinski definition) is 4. The summed E-state index contributed by atoms with van der Waals surface area (Å²) in [5.41, 5.74) is 4.52. The van der Waals surface area contributed by atoms with Crippen LogP contribution in [-0.2, 0) is 6.42 Å². The maximum atomic E-state index is 12.3. The first-order valence-corrected chi connectivity index (χ1v) is 9.98. The lowest BCUT2D eigenvalue weighted by molar-refractivity contribution is 0.0954. The van der Waals surface area contributed by atoms with E-state index in [0.29, 0.717) is 23.6 Å². The van der Waals surface area contributed by atoms with Crippen molar-refractivity contribution < 1.29 is 14.3 Å². The molecule has 1 heterocycles. The van der Waals surface area contributed by atoms with Gasteiger partial charge in [-0.1, -0.05) is 36.9 Å². The van der Waals surface area contributed by atoms with Gasteiger partial charge >= 0.3 is 0 Å². The van der Waals surface area contributed by atoms with E-state index in [1.165, 1.54) is 0 Å². The summed E-state index contributed by atoms with van der Waals surface area (Å²) in [4.78, 5) is 16.3. The molecule has 0 aliphatic carbocycles. The van der Waals surface area contributed by atoms with Crippen LogP contribution in [-0.4, -0.2) is 31.7 Å². The van der Waals surface area contributed by atoms with Crippen LogP contribution in [0, 0.1) is 0 Å². The van der Waals surface area contributed by atoms with E-state index < -0.39 is 0 Å². The Labute approximate surface area is 183 Å². The third-order valence-corrected chi connectivity index (χ3v) is 4.86. The van der Waals surface area contributed by atoms with Gasteiger partial charge in [0, 0.05) is 24.5 Å². The number of benzene rings is 2. The zero-order chi connectivity index (χ0) is 22.1. The molecule has 0 aliphatic rings. The first-order chi connectivity index (χ1) is 15.1. The summed E-state index contributed by atoms with van der Waals surface area (Å²) in [6.07, 6.45) is 9.94. The molecule has 0 aliphatic heterocycles. The Morgan fingerprint density at radius 2 is 1.58 bits per heavy atom. The standard InChI is InChI=1S/C26H26N2O3/c1-4-23-24(30-2)17-21(18-25(23)31-3)6-5-19-7-9-22(10-8-19)26(29)28-16-13-20-11-14-27-15-12-20/h4-12,14-15,17-18H,1,13,16H2,2-3H3,(H,28,29)/b6-5+. The Morgan fingerprint density at radius 3 is 2.16 bits per heavy atom. The van der Waals surface area contributed by atoms with Gasteiger partial charge in [-0.05, 0) is 59.5 Å². The Hall–Kier alpha value is -3.86. The fourth-order valence-corrected chi connectivity index (χ4v) is 3.17. The molecule has 158 valence electrons. The average Bonchev–Trinajstić information content (AvgIpc) is 2.82. The van der Waals surface area contributed by atoms with E-state index in [1.807, 2.05) is 60.7 Å². The maximum absolute atomic E-state index is 12.3. The van der Waals surface area contributed by atoms with Crippen LogP contribution in [0.2, 0.25) is 0 Å². The molecule has 2 aromatic carbocycles. The molecular weight excluding hydrogens is 388 g/mol. The van der Waals surface area contributed by atoms with Gasteiger partial charge in [0.2, 0.25) is 0 Å². The first-order valence-electron chi connectivity index (χ1n) is 9.98. The van der Waals surface area contributed by atoms with Gasteiger partial charge in [0.1, 0.15) is 11.5 Å². The van der Waals surface area contributed by atoms with Crippen molar-refractivity contribution in [2.45, 2.75) is 6.42 Å². The second-order valence-electron chi connectivity index (χ2n) is 6.86. The molecule has 0 atom stereocenters. The highest BCUT2D eigenvalue weighted by Crippen LogP contribution is 2.32. The molecule has 31 heavy (non-hydrogen) atoms. The fraction of sp³-hybridized carbons (Fsp3) is 0.154. The summed E-state index contributed by atoms with van der Waals surface area (Å²) in [7, 11) is 3.24. The van der Waals surface area contributed by atoms with Crippen molar-refractivity contribution in [1.29, 1.82) is 0 Å². The summed E-state index contributed by atoms with van der Waals surface area (Å²) in [5, 5.41) is 2.95. The monoisotopic (exact) mass is 414 g/mol. The second-order valence-corrected chi connectivity index (χ2v) is 6.86. The molecule has 1 N–H and O–H groups in total. The third-order valence-electron chi connectivity index (χ3n) is 4.86. The number of carbonyl (C=O) groups excluding carboxylic acids is 1. The number of rotatable bonds is 9. The van der Waals surface area contributed by atoms with Gasteiger partial charge in [0.15, 0.2) is 0 Å². The van der Waals surface area contributed by atoms with Gasteiger partial charge in [0.25, 0.3) is 5.91 Å². The molecule has 0 spiro atoms. The van der Waals surface area contributed by atoms with Crippen molar-refractivity contribution in [2.75, 3.05) is 20.8 Å². The van der Waals surface area contributed by atoms with Crippen LogP contribution < -0.4 is 14.8 Å². The van der Waals surface area contributed by atoms with Gasteiger partial charge in [-0.25, -0.2) is 0 Å². The average molecular weight is 415 g/mol. The Balaban J connectivity index is 1.63. The molecule has 0 saturated heterocycles. The zero-order valence-corrected chi connectivity index (χ0v) is 17.8. The van der Waals surface area contributed by atoms with E-state index in [1.54, 1.807) is 32.7 Å². The Bertz CT molecular complexity index is 1030. The van der Waals surface area contributed by atoms with E-state index in [2.05, 4.69) is 16.9 Å². The fourth-order valence-electron chi connectivity index (χ4n) is 3.17. The van der Waals surface area contributed by atoms with Crippen molar-refractivity contribution in [3.05, 3.63) is 95.3 Å². The van der Waals surface area contributed by atoms with E-state index in [4.69, 9.17) is 9.47 Å². The predicted octanol–water partition coefficient (Wildman–Crippen LogP) is 4.88. The minimum atomic E-state index is -0.0842. The molecule has 5 nitrogen and oxygen atoms in total. The minimum Gasteiger partial charge on any atom is -0.496 e. The Morgan fingerprint density at radius 1 is 0.968 bits per heavy atom. The van der Waals surface area contributed by atoms with Crippen LogP contribution >= 0.6 is 0 Å². The summed E-state index contributed by atoms with van der Waals surface area (Å²) in [6, 6.07) is 15.2. The van der Waals surface area contributed by atoms with E-state index in [-0.39, 0.29) is 5.91 Å². The molecule has 0 fully saturated rings. The number of nitrogens with one attached hydrogen (secondary N) is 1. The van der Waals surface area contributed by atoms with Crippen molar-refractivity contribution in [2.24, 2.45) is 0 Å². The van der Waals surface area contributed by atoms with Crippen LogP contribution in [0.5, 0.6) is 11.5 Å². The lowest BCUT2D eigenvalue weighted by Crippen LogP contribution is -2.25. The highest BCUT2D eigenvalue weighted by Gasteiger charge is 2.09. The topological polar surface area (TPSA) is 60.5 Å². The molecule has 5 heteroatoms. The highest BCUT2D eigenvalue weighted by molar-refractivity contribution is 5.94. The van der Waals surface area contributed by atoms with Crippen molar-refractivity contribution in [3.8, 4) is 11.5 Å². The maximum Gasteiger partial charge on any atom is 0.251 e. The number of ether oxygens (including phenoxy) is 2. The van der Waals surface area contributed by atoms with Gasteiger partial charge in [-0.2, -0.15) is 0 Å². The molecule has 0 radical (unpaired) electrons. The number of nitrogens with zero attached hydrogens (tertiary/aromatic N) is 1. The molecule has 3 aromatic rings.